The zero-order chi connectivity index (χ0) is 15.2. The van der Waals surface area contributed by atoms with Gasteiger partial charge in [0.05, 0.1) is 18.7 Å². The zero-order valence-corrected chi connectivity index (χ0v) is 11.6. The molecular formula is C16H15FN2O2. The van der Waals surface area contributed by atoms with Crippen LogP contribution in [0.4, 0.5) is 4.39 Å². The van der Waals surface area contributed by atoms with Gasteiger partial charge in [-0.25, -0.2) is 4.39 Å². The standard InChI is InChI=1S/C16H15FN2O2/c1-20-15-4-2-3-12(9-19)16(15)21-10-13-7-14(17)6-5-11(13)8-18/h2-7H,9-10,19H2,1H3. The molecule has 21 heavy (non-hydrogen) atoms. The molecule has 0 saturated heterocycles. The summed E-state index contributed by atoms with van der Waals surface area (Å²) in [5, 5.41) is 9.04. The summed E-state index contributed by atoms with van der Waals surface area (Å²) in [5.74, 6) is 0.648. The molecule has 108 valence electrons. The fourth-order valence-corrected chi connectivity index (χ4v) is 1.99. The number of hydrogen-bond donors (Lipinski definition) is 1. The Bertz CT molecular complexity index is 658. The zero-order valence-electron chi connectivity index (χ0n) is 11.6. The smallest absolute Gasteiger partial charge is 0.166 e. The minimum Gasteiger partial charge on any atom is -0.493 e. The predicted octanol–water partition coefficient (Wildman–Crippen LogP) is 2.74. The highest BCUT2D eigenvalue weighted by atomic mass is 19.1. The molecule has 0 aliphatic rings. The topological polar surface area (TPSA) is 68.3 Å². The monoisotopic (exact) mass is 286 g/mol. The van der Waals surface area contributed by atoms with Crippen molar-refractivity contribution in [3.63, 3.8) is 0 Å². The van der Waals surface area contributed by atoms with Crippen LogP contribution in [0.3, 0.4) is 0 Å². The third kappa shape index (κ3) is 3.30. The van der Waals surface area contributed by atoms with E-state index in [2.05, 4.69) is 0 Å². The highest BCUT2D eigenvalue weighted by Crippen LogP contribution is 2.31. The molecule has 0 bridgehead atoms. The van der Waals surface area contributed by atoms with Crippen molar-refractivity contribution < 1.29 is 13.9 Å². The van der Waals surface area contributed by atoms with E-state index in [1.54, 1.807) is 6.07 Å². The van der Waals surface area contributed by atoms with Crippen LogP contribution in [0.2, 0.25) is 0 Å². The number of para-hydroxylation sites is 1. The van der Waals surface area contributed by atoms with E-state index >= 15 is 0 Å². The highest BCUT2D eigenvalue weighted by molar-refractivity contribution is 5.47. The van der Waals surface area contributed by atoms with Gasteiger partial charge in [0.15, 0.2) is 11.5 Å². The Labute approximate surface area is 122 Å². The van der Waals surface area contributed by atoms with E-state index in [9.17, 15) is 4.39 Å². The number of ether oxygens (including phenoxy) is 2. The maximum absolute atomic E-state index is 13.3. The largest absolute Gasteiger partial charge is 0.493 e. The molecule has 2 aromatic rings. The molecule has 4 nitrogen and oxygen atoms in total. The van der Waals surface area contributed by atoms with E-state index in [4.69, 9.17) is 20.5 Å². The number of rotatable bonds is 5. The van der Waals surface area contributed by atoms with Crippen LogP contribution in [-0.2, 0) is 13.2 Å². The molecule has 2 N–H and O–H groups in total. The van der Waals surface area contributed by atoms with Gasteiger partial charge in [-0.3, -0.25) is 0 Å². The third-order valence-electron chi connectivity index (χ3n) is 3.06. The maximum Gasteiger partial charge on any atom is 0.166 e. The van der Waals surface area contributed by atoms with E-state index in [0.29, 0.717) is 29.2 Å². The predicted molar refractivity (Wildman–Crippen MR) is 76.3 cm³/mol. The molecule has 2 rings (SSSR count). The fraction of sp³-hybridized carbons (Fsp3) is 0.188. The first kappa shape index (κ1) is 14.8. The average molecular weight is 286 g/mol. The Hall–Kier alpha value is -2.58. The normalized spacial score (nSPS) is 10.0. The number of nitriles is 1. The fourth-order valence-electron chi connectivity index (χ4n) is 1.99. The molecule has 0 saturated carbocycles. The molecule has 0 amide bonds. The lowest BCUT2D eigenvalue weighted by Gasteiger charge is -2.14. The van der Waals surface area contributed by atoms with Crippen molar-refractivity contribution in [3.05, 3.63) is 58.9 Å². The van der Waals surface area contributed by atoms with Crippen molar-refractivity contribution >= 4 is 0 Å². The summed E-state index contributed by atoms with van der Waals surface area (Å²) in [5.41, 5.74) is 7.31. The molecule has 0 atom stereocenters. The number of methoxy groups -OCH3 is 1. The summed E-state index contributed by atoms with van der Waals surface area (Å²) < 4.78 is 24.2. The summed E-state index contributed by atoms with van der Waals surface area (Å²) in [6.45, 7) is 0.356. The second-order valence-corrected chi connectivity index (χ2v) is 4.35. The molecule has 0 unspecified atom stereocenters. The number of nitrogens with two attached hydrogens (primary N) is 1. The number of hydrogen-bond acceptors (Lipinski definition) is 4. The lowest BCUT2D eigenvalue weighted by molar-refractivity contribution is 0.280. The van der Waals surface area contributed by atoms with Crippen molar-refractivity contribution in [2.24, 2.45) is 5.73 Å². The van der Waals surface area contributed by atoms with Gasteiger partial charge in [0, 0.05) is 17.7 Å². The Kier molecular flexibility index (Phi) is 4.75. The first-order valence-corrected chi connectivity index (χ1v) is 6.37. The summed E-state index contributed by atoms with van der Waals surface area (Å²) in [4.78, 5) is 0. The summed E-state index contributed by atoms with van der Waals surface area (Å²) in [7, 11) is 1.53. The van der Waals surface area contributed by atoms with Crippen LogP contribution < -0.4 is 15.2 Å². The van der Waals surface area contributed by atoms with Crippen LogP contribution >= 0.6 is 0 Å². The van der Waals surface area contributed by atoms with Gasteiger partial charge in [-0.05, 0) is 24.3 Å². The molecule has 0 heterocycles. The Morgan fingerprint density at radius 2 is 2.05 bits per heavy atom. The van der Waals surface area contributed by atoms with E-state index in [1.165, 1.54) is 25.3 Å². The minimum absolute atomic E-state index is 0.0635. The molecule has 5 heteroatoms. The average Bonchev–Trinajstić information content (AvgIpc) is 2.52. The second-order valence-electron chi connectivity index (χ2n) is 4.35. The molecule has 0 fully saturated rings. The third-order valence-corrected chi connectivity index (χ3v) is 3.06. The molecule has 2 aromatic carbocycles. The van der Waals surface area contributed by atoms with Crippen molar-refractivity contribution in [1.82, 2.24) is 0 Å². The van der Waals surface area contributed by atoms with Gasteiger partial charge in [-0.1, -0.05) is 12.1 Å². The van der Waals surface area contributed by atoms with E-state index < -0.39 is 5.82 Å². The van der Waals surface area contributed by atoms with Crippen molar-refractivity contribution in [2.75, 3.05) is 7.11 Å². The minimum atomic E-state index is -0.410. The first-order valence-electron chi connectivity index (χ1n) is 6.37. The van der Waals surface area contributed by atoms with Crippen LogP contribution in [-0.4, -0.2) is 7.11 Å². The van der Waals surface area contributed by atoms with Gasteiger partial charge in [-0.15, -0.1) is 0 Å². The van der Waals surface area contributed by atoms with Gasteiger partial charge in [0.1, 0.15) is 12.4 Å². The van der Waals surface area contributed by atoms with Crippen LogP contribution in [0.1, 0.15) is 16.7 Å². The summed E-state index contributed by atoms with van der Waals surface area (Å²) >= 11 is 0. The lowest BCUT2D eigenvalue weighted by Crippen LogP contribution is -2.05. The van der Waals surface area contributed by atoms with E-state index in [0.717, 1.165) is 5.56 Å². The maximum atomic E-state index is 13.3. The molecule has 0 aromatic heterocycles. The molecule has 0 spiro atoms. The van der Waals surface area contributed by atoms with Gasteiger partial charge in [0.25, 0.3) is 0 Å². The number of benzene rings is 2. The quantitative estimate of drug-likeness (QED) is 0.917. The van der Waals surface area contributed by atoms with Crippen molar-refractivity contribution in [2.45, 2.75) is 13.2 Å². The van der Waals surface area contributed by atoms with Crippen LogP contribution in [0.15, 0.2) is 36.4 Å². The van der Waals surface area contributed by atoms with Crippen molar-refractivity contribution in [1.29, 1.82) is 5.26 Å². The SMILES string of the molecule is COc1cccc(CN)c1OCc1cc(F)ccc1C#N. The van der Waals surface area contributed by atoms with Gasteiger partial charge in [0.2, 0.25) is 0 Å². The molecule has 0 radical (unpaired) electrons. The van der Waals surface area contributed by atoms with Gasteiger partial charge < -0.3 is 15.2 Å². The van der Waals surface area contributed by atoms with E-state index in [-0.39, 0.29) is 6.61 Å². The molecular weight excluding hydrogens is 271 g/mol. The Morgan fingerprint density at radius 3 is 2.71 bits per heavy atom. The van der Waals surface area contributed by atoms with Gasteiger partial charge in [-0.2, -0.15) is 5.26 Å². The van der Waals surface area contributed by atoms with Crippen LogP contribution in [0.5, 0.6) is 11.5 Å². The van der Waals surface area contributed by atoms with Crippen molar-refractivity contribution in [3.8, 4) is 17.6 Å². The Balaban J connectivity index is 2.28. The molecule has 0 aliphatic carbocycles. The second kappa shape index (κ2) is 6.73. The van der Waals surface area contributed by atoms with Crippen LogP contribution in [0.25, 0.3) is 0 Å². The van der Waals surface area contributed by atoms with E-state index in [1.807, 2.05) is 18.2 Å². The number of halogens is 1. The summed E-state index contributed by atoms with van der Waals surface area (Å²) in [6, 6.07) is 11.4. The lowest BCUT2D eigenvalue weighted by atomic mass is 10.1. The Morgan fingerprint density at radius 1 is 1.24 bits per heavy atom. The number of nitrogens with zero attached hydrogens (tertiary/aromatic N) is 1. The highest BCUT2D eigenvalue weighted by Gasteiger charge is 2.11. The first-order chi connectivity index (χ1) is 10.2. The van der Waals surface area contributed by atoms with Crippen LogP contribution in [0, 0.1) is 17.1 Å². The molecule has 0 aliphatic heterocycles. The van der Waals surface area contributed by atoms with Gasteiger partial charge >= 0.3 is 0 Å². The summed E-state index contributed by atoms with van der Waals surface area (Å²) in [6.07, 6.45) is 0.